The second-order valence-electron chi connectivity index (χ2n) is 4.21. The third-order valence-corrected chi connectivity index (χ3v) is 3.62. The Kier molecular flexibility index (Phi) is 4.87. The Bertz CT molecular complexity index is 255. The van der Waals surface area contributed by atoms with E-state index in [1.54, 1.807) is 5.56 Å². The number of hydrogen-bond acceptors (Lipinski definition) is 0. The van der Waals surface area contributed by atoms with Crippen molar-refractivity contribution in [3.05, 3.63) is 35.9 Å². The van der Waals surface area contributed by atoms with E-state index in [0.29, 0.717) is 5.41 Å². The van der Waals surface area contributed by atoms with Gasteiger partial charge in [0.1, 0.15) is 0 Å². The van der Waals surface area contributed by atoms with E-state index in [-0.39, 0.29) is 0 Å². The molecular formula is C15H24. The van der Waals surface area contributed by atoms with Crippen LogP contribution in [0.25, 0.3) is 0 Å². The van der Waals surface area contributed by atoms with E-state index in [4.69, 9.17) is 0 Å². The van der Waals surface area contributed by atoms with Crippen molar-refractivity contribution in [2.45, 2.75) is 58.3 Å². The SMILES string of the molecule is CC.CCC1(c2ccccc2)CCCC1. The lowest BCUT2D eigenvalue weighted by atomic mass is 9.77. The van der Waals surface area contributed by atoms with Crippen molar-refractivity contribution in [3.8, 4) is 0 Å². The van der Waals surface area contributed by atoms with Crippen LogP contribution in [0.1, 0.15) is 58.4 Å². The fourth-order valence-electron chi connectivity index (χ4n) is 2.69. The van der Waals surface area contributed by atoms with Gasteiger partial charge in [-0.25, -0.2) is 0 Å². The van der Waals surface area contributed by atoms with Crippen LogP contribution in [0.2, 0.25) is 0 Å². The molecule has 0 saturated heterocycles. The Morgan fingerprint density at radius 3 is 2.00 bits per heavy atom. The van der Waals surface area contributed by atoms with Gasteiger partial charge in [-0.15, -0.1) is 0 Å². The molecule has 0 unspecified atom stereocenters. The van der Waals surface area contributed by atoms with Gasteiger partial charge in [-0.05, 0) is 30.2 Å². The average molecular weight is 204 g/mol. The average Bonchev–Trinajstić information content (AvgIpc) is 2.83. The maximum absolute atomic E-state index is 2.33. The summed E-state index contributed by atoms with van der Waals surface area (Å²) in [5, 5.41) is 0. The second kappa shape index (κ2) is 5.95. The van der Waals surface area contributed by atoms with Gasteiger partial charge in [-0.2, -0.15) is 0 Å². The van der Waals surface area contributed by atoms with Gasteiger partial charge in [-0.1, -0.05) is 63.9 Å². The fourth-order valence-corrected chi connectivity index (χ4v) is 2.69. The van der Waals surface area contributed by atoms with E-state index in [1.807, 2.05) is 13.8 Å². The third kappa shape index (κ3) is 2.62. The topological polar surface area (TPSA) is 0 Å². The molecule has 1 aliphatic rings. The third-order valence-electron chi connectivity index (χ3n) is 3.62. The molecule has 0 heteroatoms. The Morgan fingerprint density at radius 1 is 1.00 bits per heavy atom. The predicted molar refractivity (Wildman–Crippen MR) is 68.2 cm³/mol. The van der Waals surface area contributed by atoms with Crippen LogP contribution >= 0.6 is 0 Å². The van der Waals surface area contributed by atoms with Gasteiger partial charge in [-0.3, -0.25) is 0 Å². The molecule has 0 aromatic heterocycles. The van der Waals surface area contributed by atoms with Crippen molar-refractivity contribution in [2.24, 2.45) is 0 Å². The molecule has 15 heavy (non-hydrogen) atoms. The minimum atomic E-state index is 0.529. The summed E-state index contributed by atoms with van der Waals surface area (Å²) in [6.45, 7) is 6.33. The van der Waals surface area contributed by atoms with Crippen LogP contribution in [0.4, 0.5) is 0 Å². The first-order valence-electron chi connectivity index (χ1n) is 6.43. The largest absolute Gasteiger partial charge is 0.0683 e. The van der Waals surface area contributed by atoms with Crippen molar-refractivity contribution in [2.75, 3.05) is 0 Å². The maximum Gasteiger partial charge on any atom is -0.00496 e. The van der Waals surface area contributed by atoms with Crippen LogP contribution in [-0.2, 0) is 5.41 Å². The summed E-state index contributed by atoms with van der Waals surface area (Å²) < 4.78 is 0. The van der Waals surface area contributed by atoms with Gasteiger partial charge in [0.25, 0.3) is 0 Å². The first-order chi connectivity index (χ1) is 7.37. The van der Waals surface area contributed by atoms with Gasteiger partial charge < -0.3 is 0 Å². The molecular weight excluding hydrogens is 180 g/mol. The summed E-state index contributed by atoms with van der Waals surface area (Å²) in [6, 6.07) is 11.1. The molecule has 0 heterocycles. The number of hydrogen-bond donors (Lipinski definition) is 0. The zero-order chi connectivity index (χ0) is 11.1. The molecule has 0 amide bonds. The van der Waals surface area contributed by atoms with E-state index in [0.717, 1.165) is 0 Å². The minimum Gasteiger partial charge on any atom is -0.0683 e. The Labute approximate surface area is 94.7 Å². The standard InChI is InChI=1S/C13H18.C2H6/c1-2-13(10-6-7-11-13)12-8-4-3-5-9-12;1-2/h3-5,8-9H,2,6-7,10-11H2,1H3;1-2H3. The van der Waals surface area contributed by atoms with Crippen LogP contribution in [0, 0.1) is 0 Å². The molecule has 1 aromatic carbocycles. The highest BCUT2D eigenvalue weighted by atomic mass is 14.4. The molecule has 0 atom stereocenters. The molecule has 0 bridgehead atoms. The monoisotopic (exact) mass is 204 g/mol. The Balaban J connectivity index is 0.000000531. The molecule has 1 saturated carbocycles. The molecule has 2 rings (SSSR count). The van der Waals surface area contributed by atoms with Gasteiger partial charge in [0, 0.05) is 0 Å². The molecule has 0 spiro atoms. The van der Waals surface area contributed by atoms with Gasteiger partial charge in [0.2, 0.25) is 0 Å². The molecule has 1 aliphatic carbocycles. The molecule has 0 nitrogen and oxygen atoms in total. The van der Waals surface area contributed by atoms with E-state index in [9.17, 15) is 0 Å². The number of rotatable bonds is 2. The predicted octanol–water partition coefficient (Wildman–Crippen LogP) is 4.93. The number of benzene rings is 1. The van der Waals surface area contributed by atoms with Crippen molar-refractivity contribution in [3.63, 3.8) is 0 Å². The van der Waals surface area contributed by atoms with Gasteiger partial charge >= 0.3 is 0 Å². The van der Waals surface area contributed by atoms with E-state index < -0.39 is 0 Å². The summed E-state index contributed by atoms with van der Waals surface area (Å²) in [5.74, 6) is 0. The summed E-state index contributed by atoms with van der Waals surface area (Å²) >= 11 is 0. The normalized spacial score (nSPS) is 18.1. The lowest BCUT2D eigenvalue weighted by Gasteiger charge is -2.27. The van der Waals surface area contributed by atoms with Crippen LogP contribution in [-0.4, -0.2) is 0 Å². The van der Waals surface area contributed by atoms with E-state index in [2.05, 4.69) is 37.3 Å². The van der Waals surface area contributed by atoms with Crippen LogP contribution in [0.5, 0.6) is 0 Å². The Morgan fingerprint density at radius 2 is 1.53 bits per heavy atom. The second-order valence-corrected chi connectivity index (χ2v) is 4.21. The molecule has 0 aliphatic heterocycles. The van der Waals surface area contributed by atoms with E-state index >= 15 is 0 Å². The molecule has 1 aromatic rings. The lowest BCUT2D eigenvalue weighted by Crippen LogP contribution is -2.20. The first-order valence-corrected chi connectivity index (χ1v) is 6.43. The quantitative estimate of drug-likeness (QED) is 0.640. The highest BCUT2D eigenvalue weighted by Crippen LogP contribution is 2.43. The smallest absolute Gasteiger partial charge is 0.00496 e. The molecule has 1 fully saturated rings. The zero-order valence-electron chi connectivity index (χ0n) is 10.4. The highest BCUT2D eigenvalue weighted by Gasteiger charge is 2.33. The fraction of sp³-hybridized carbons (Fsp3) is 0.600. The minimum absolute atomic E-state index is 0.529. The summed E-state index contributed by atoms with van der Waals surface area (Å²) in [4.78, 5) is 0. The first kappa shape index (κ1) is 12.3. The summed E-state index contributed by atoms with van der Waals surface area (Å²) in [5.41, 5.74) is 2.09. The van der Waals surface area contributed by atoms with Gasteiger partial charge in [0.05, 0.1) is 0 Å². The maximum atomic E-state index is 2.33. The van der Waals surface area contributed by atoms with Crippen molar-refractivity contribution >= 4 is 0 Å². The zero-order valence-corrected chi connectivity index (χ0v) is 10.4. The highest BCUT2D eigenvalue weighted by molar-refractivity contribution is 5.26. The molecule has 0 radical (unpaired) electrons. The summed E-state index contributed by atoms with van der Waals surface area (Å²) in [6.07, 6.45) is 6.93. The van der Waals surface area contributed by atoms with Crippen molar-refractivity contribution in [1.29, 1.82) is 0 Å². The van der Waals surface area contributed by atoms with Crippen molar-refractivity contribution in [1.82, 2.24) is 0 Å². The van der Waals surface area contributed by atoms with E-state index in [1.165, 1.54) is 32.1 Å². The van der Waals surface area contributed by atoms with Crippen LogP contribution in [0.15, 0.2) is 30.3 Å². The molecule has 84 valence electrons. The van der Waals surface area contributed by atoms with Crippen molar-refractivity contribution < 1.29 is 0 Å². The Hall–Kier alpha value is -0.780. The van der Waals surface area contributed by atoms with Crippen LogP contribution in [0.3, 0.4) is 0 Å². The lowest BCUT2D eigenvalue weighted by molar-refractivity contribution is 0.425. The van der Waals surface area contributed by atoms with Crippen LogP contribution < -0.4 is 0 Å². The van der Waals surface area contributed by atoms with Gasteiger partial charge in [0.15, 0.2) is 0 Å². The molecule has 0 N–H and O–H groups in total. The summed E-state index contributed by atoms with van der Waals surface area (Å²) in [7, 11) is 0.